The van der Waals surface area contributed by atoms with E-state index in [-0.39, 0.29) is 16.2 Å². The van der Waals surface area contributed by atoms with E-state index in [9.17, 15) is 9.59 Å². The second kappa shape index (κ2) is 3.59. The van der Waals surface area contributed by atoms with Crippen LogP contribution >= 0.6 is 0 Å². The molecule has 0 aromatic heterocycles. The van der Waals surface area contributed by atoms with Crippen LogP contribution in [0.15, 0.2) is 11.6 Å². The molecule has 0 aliphatic heterocycles. The third-order valence-corrected chi connectivity index (χ3v) is 6.42. The maximum absolute atomic E-state index is 12.3. The molecule has 0 amide bonds. The van der Waals surface area contributed by atoms with Crippen LogP contribution in [0.5, 0.6) is 0 Å². The Labute approximate surface area is 115 Å². The van der Waals surface area contributed by atoms with Gasteiger partial charge in [-0.2, -0.15) is 0 Å². The fourth-order valence-electron chi connectivity index (χ4n) is 5.20. The minimum absolute atomic E-state index is 0.0522. The minimum Gasteiger partial charge on any atom is -0.299 e. The number of hydrogen-bond donors (Lipinski definition) is 0. The van der Waals surface area contributed by atoms with Crippen molar-refractivity contribution in [1.29, 1.82) is 0 Å². The van der Waals surface area contributed by atoms with Gasteiger partial charge >= 0.3 is 0 Å². The molecule has 2 heteroatoms. The predicted molar refractivity (Wildman–Crippen MR) is 74.7 cm³/mol. The molecule has 0 bridgehead atoms. The number of rotatable bonds is 0. The lowest BCUT2D eigenvalue weighted by atomic mass is 9.48. The van der Waals surface area contributed by atoms with Crippen molar-refractivity contribution in [3.63, 3.8) is 0 Å². The van der Waals surface area contributed by atoms with Gasteiger partial charge in [-0.3, -0.25) is 9.59 Å². The standard InChI is InChI=1S/C17H24O2/c1-15(2)11-7-9-17(4)12(5-6-14(17)19)16(11,3)10-8-13(15)18/h7,12H,5-6,8-10H2,1-4H3/t12-,16+,17+/m1/s1. The first-order chi connectivity index (χ1) is 8.73. The summed E-state index contributed by atoms with van der Waals surface area (Å²) in [6.45, 7) is 8.58. The molecule has 0 spiro atoms. The Balaban J connectivity index is 2.13. The van der Waals surface area contributed by atoms with Gasteiger partial charge in [0.25, 0.3) is 0 Å². The molecule has 3 aliphatic carbocycles. The Morgan fingerprint density at radius 3 is 2.37 bits per heavy atom. The molecule has 0 radical (unpaired) electrons. The second-order valence-corrected chi connectivity index (χ2v) is 7.72. The van der Waals surface area contributed by atoms with E-state index in [1.54, 1.807) is 0 Å². The third kappa shape index (κ3) is 1.43. The number of allylic oxidation sites excluding steroid dienone is 2. The SMILES string of the molecule is CC1(C)C(=O)CC[C@@]2(C)C1=CC[C@]1(C)C(=O)CC[C@H]21. The number of ketones is 2. The Morgan fingerprint density at radius 1 is 1.00 bits per heavy atom. The summed E-state index contributed by atoms with van der Waals surface area (Å²) in [6.07, 6.45) is 6.39. The number of carbonyl (C=O) groups is 2. The van der Waals surface area contributed by atoms with Crippen LogP contribution in [-0.4, -0.2) is 11.6 Å². The highest BCUT2D eigenvalue weighted by Crippen LogP contribution is 2.64. The van der Waals surface area contributed by atoms with E-state index in [4.69, 9.17) is 0 Å². The monoisotopic (exact) mass is 260 g/mol. The highest BCUT2D eigenvalue weighted by atomic mass is 16.1. The van der Waals surface area contributed by atoms with Crippen molar-refractivity contribution < 1.29 is 9.59 Å². The molecule has 19 heavy (non-hydrogen) atoms. The summed E-state index contributed by atoms with van der Waals surface area (Å²) in [5, 5.41) is 0. The molecule has 0 aromatic rings. The average molecular weight is 260 g/mol. The highest BCUT2D eigenvalue weighted by Gasteiger charge is 2.60. The van der Waals surface area contributed by atoms with Crippen LogP contribution in [-0.2, 0) is 9.59 Å². The van der Waals surface area contributed by atoms with E-state index < -0.39 is 0 Å². The van der Waals surface area contributed by atoms with E-state index >= 15 is 0 Å². The van der Waals surface area contributed by atoms with Crippen molar-refractivity contribution in [2.24, 2.45) is 22.2 Å². The van der Waals surface area contributed by atoms with Crippen molar-refractivity contribution in [1.82, 2.24) is 0 Å². The van der Waals surface area contributed by atoms with Gasteiger partial charge in [-0.25, -0.2) is 0 Å². The van der Waals surface area contributed by atoms with E-state index in [1.807, 2.05) is 0 Å². The summed E-state index contributed by atoms with van der Waals surface area (Å²) < 4.78 is 0. The summed E-state index contributed by atoms with van der Waals surface area (Å²) in [7, 11) is 0. The fourth-order valence-corrected chi connectivity index (χ4v) is 5.20. The Morgan fingerprint density at radius 2 is 1.68 bits per heavy atom. The quantitative estimate of drug-likeness (QED) is 0.622. The summed E-state index contributed by atoms with van der Waals surface area (Å²) in [5.41, 5.74) is 0.860. The molecule has 2 fully saturated rings. The molecule has 0 saturated heterocycles. The highest BCUT2D eigenvalue weighted by molar-refractivity contribution is 5.91. The lowest BCUT2D eigenvalue weighted by Crippen LogP contribution is -2.51. The summed E-state index contributed by atoms with van der Waals surface area (Å²) >= 11 is 0. The zero-order valence-corrected chi connectivity index (χ0v) is 12.5. The first-order valence-corrected chi connectivity index (χ1v) is 7.50. The molecule has 2 saturated carbocycles. The first-order valence-electron chi connectivity index (χ1n) is 7.50. The van der Waals surface area contributed by atoms with Crippen LogP contribution in [0.1, 0.15) is 59.8 Å². The lowest BCUT2D eigenvalue weighted by Gasteiger charge is -2.54. The van der Waals surface area contributed by atoms with Crippen molar-refractivity contribution in [2.45, 2.75) is 59.8 Å². The molecule has 0 aromatic carbocycles. The van der Waals surface area contributed by atoms with Crippen molar-refractivity contribution in [2.75, 3.05) is 0 Å². The van der Waals surface area contributed by atoms with Crippen LogP contribution < -0.4 is 0 Å². The molecule has 2 nitrogen and oxygen atoms in total. The fraction of sp³-hybridized carbons (Fsp3) is 0.765. The van der Waals surface area contributed by atoms with Crippen molar-refractivity contribution >= 4 is 11.6 Å². The molecule has 3 atom stereocenters. The average Bonchev–Trinajstić information content (AvgIpc) is 2.63. The lowest BCUT2D eigenvalue weighted by molar-refractivity contribution is -0.133. The van der Waals surface area contributed by atoms with Crippen LogP contribution in [0.4, 0.5) is 0 Å². The van der Waals surface area contributed by atoms with Gasteiger partial charge in [0.15, 0.2) is 0 Å². The van der Waals surface area contributed by atoms with E-state index in [0.717, 1.165) is 25.7 Å². The van der Waals surface area contributed by atoms with Crippen LogP contribution in [0.25, 0.3) is 0 Å². The molecule has 3 aliphatic rings. The third-order valence-electron chi connectivity index (χ3n) is 6.42. The van der Waals surface area contributed by atoms with Gasteiger partial charge in [-0.15, -0.1) is 0 Å². The molecule has 0 N–H and O–H groups in total. The van der Waals surface area contributed by atoms with Gasteiger partial charge in [0.05, 0.1) is 0 Å². The number of Topliss-reactive ketones (excluding diaryl/α,β-unsaturated/α-hetero) is 2. The van der Waals surface area contributed by atoms with Gasteiger partial charge in [0, 0.05) is 23.7 Å². The molecule has 0 heterocycles. The summed E-state index contributed by atoms with van der Waals surface area (Å²) in [5.74, 6) is 1.23. The normalized spacial score (nSPS) is 44.6. The Hall–Kier alpha value is -0.920. The van der Waals surface area contributed by atoms with Gasteiger partial charge in [-0.1, -0.05) is 25.5 Å². The molecular weight excluding hydrogens is 236 g/mol. The smallest absolute Gasteiger partial charge is 0.142 e. The zero-order valence-electron chi connectivity index (χ0n) is 12.5. The van der Waals surface area contributed by atoms with Gasteiger partial charge in [0.2, 0.25) is 0 Å². The second-order valence-electron chi connectivity index (χ2n) is 7.72. The predicted octanol–water partition coefficient (Wildman–Crippen LogP) is 3.70. The van der Waals surface area contributed by atoms with Crippen LogP contribution in [0.3, 0.4) is 0 Å². The van der Waals surface area contributed by atoms with Crippen molar-refractivity contribution in [3.05, 3.63) is 11.6 Å². The maximum atomic E-state index is 12.3. The zero-order chi connectivity index (χ0) is 14.1. The summed E-state index contributed by atoms with van der Waals surface area (Å²) in [6, 6.07) is 0. The van der Waals surface area contributed by atoms with Crippen LogP contribution in [0, 0.1) is 22.2 Å². The number of fused-ring (bicyclic) bond motifs is 3. The van der Waals surface area contributed by atoms with Gasteiger partial charge < -0.3 is 0 Å². The van der Waals surface area contributed by atoms with E-state index in [2.05, 4.69) is 33.8 Å². The number of hydrogen-bond acceptors (Lipinski definition) is 2. The van der Waals surface area contributed by atoms with E-state index in [0.29, 0.717) is 23.9 Å². The number of carbonyl (C=O) groups excluding carboxylic acids is 2. The first kappa shape index (κ1) is 13.1. The van der Waals surface area contributed by atoms with Gasteiger partial charge in [-0.05, 0) is 44.4 Å². The van der Waals surface area contributed by atoms with E-state index in [1.165, 1.54) is 5.57 Å². The minimum atomic E-state index is -0.333. The Kier molecular flexibility index (Phi) is 2.47. The largest absolute Gasteiger partial charge is 0.299 e. The van der Waals surface area contributed by atoms with Gasteiger partial charge in [0.1, 0.15) is 11.6 Å². The van der Waals surface area contributed by atoms with Crippen LogP contribution in [0.2, 0.25) is 0 Å². The topological polar surface area (TPSA) is 34.1 Å². The molecular formula is C17H24O2. The van der Waals surface area contributed by atoms with Crippen molar-refractivity contribution in [3.8, 4) is 0 Å². The maximum Gasteiger partial charge on any atom is 0.142 e. The molecule has 104 valence electrons. The molecule has 3 rings (SSSR count). The Bertz CT molecular complexity index is 499. The summed E-state index contributed by atoms with van der Waals surface area (Å²) in [4.78, 5) is 24.5. The molecule has 0 unspecified atom stereocenters.